The van der Waals surface area contributed by atoms with Crippen molar-refractivity contribution in [2.24, 2.45) is 11.7 Å². The summed E-state index contributed by atoms with van der Waals surface area (Å²) in [7, 11) is 0. The van der Waals surface area contributed by atoms with Gasteiger partial charge in [0.1, 0.15) is 22.8 Å². The number of Topliss-reactive ketones (excluding diaryl/α,β-unsaturated/α-hetero) is 3. The summed E-state index contributed by atoms with van der Waals surface area (Å²) in [4.78, 5) is 38.3. The molecule has 8 nitrogen and oxygen atoms in total. The molecule has 6 N–H and O–H groups in total. The van der Waals surface area contributed by atoms with E-state index < -0.39 is 52.0 Å². The van der Waals surface area contributed by atoms with Gasteiger partial charge in [-0.05, 0) is 49.3 Å². The van der Waals surface area contributed by atoms with Gasteiger partial charge in [0.15, 0.2) is 11.4 Å². The number of benzene rings is 2. The fourth-order valence-corrected chi connectivity index (χ4v) is 4.75. The van der Waals surface area contributed by atoms with Crippen LogP contribution in [0, 0.1) is 19.8 Å². The molecule has 0 radical (unpaired) electrons. The van der Waals surface area contributed by atoms with Crippen LogP contribution >= 0.6 is 0 Å². The first-order chi connectivity index (χ1) is 13.9. The van der Waals surface area contributed by atoms with Gasteiger partial charge in [-0.25, -0.2) is 0 Å². The molecule has 0 heterocycles. The molecule has 2 aromatic carbocycles. The number of nitrogens with two attached hydrogens (primary N) is 1. The van der Waals surface area contributed by atoms with Crippen LogP contribution in [0.3, 0.4) is 0 Å². The molecule has 0 saturated carbocycles. The number of carbonyl (C=O) groups is 3. The Morgan fingerprint density at radius 1 is 1.10 bits per heavy atom. The zero-order chi connectivity index (χ0) is 22.3. The third-order valence-corrected chi connectivity index (χ3v) is 6.48. The van der Waals surface area contributed by atoms with Gasteiger partial charge in [0.2, 0.25) is 11.6 Å². The number of aryl methyl sites for hydroxylation is 2. The molecule has 4 rings (SSSR count). The summed E-state index contributed by atoms with van der Waals surface area (Å²) < 4.78 is 0. The maximum Gasteiger partial charge on any atom is 0.209 e. The van der Waals surface area contributed by atoms with Gasteiger partial charge < -0.3 is 26.2 Å². The number of phenolic OH excluding ortho intramolecular Hbond substituents is 2. The highest BCUT2D eigenvalue weighted by Crippen LogP contribution is 2.49. The second-order valence-corrected chi connectivity index (χ2v) is 8.06. The minimum absolute atomic E-state index is 0.0411. The van der Waals surface area contributed by atoms with Crippen molar-refractivity contribution in [3.63, 3.8) is 0 Å². The molecular weight excluding hydrogens is 390 g/mol. The maximum atomic E-state index is 13.4. The predicted octanol–water partition coefficient (Wildman–Crippen LogP) is 1.27. The van der Waals surface area contributed by atoms with E-state index in [1.54, 1.807) is 26.0 Å². The molecule has 0 bridgehead atoms. The molecule has 0 amide bonds. The van der Waals surface area contributed by atoms with Gasteiger partial charge in [0.25, 0.3) is 0 Å². The van der Waals surface area contributed by atoms with Crippen LogP contribution in [0.25, 0.3) is 10.8 Å². The standard InChI is InChI=1S/C22H21NO7/c1-7-4-5-10-8(2)11-6-12-16(23)19(27)13(9(3)24)20(28)22(12,30)21(29)15(11)18(26)14(10)17(7)25/h4-5,12,16,25-27,30H,6,23H2,1-3H3/t12?,16-,22-/m1/s1. The smallest absolute Gasteiger partial charge is 0.209 e. The average molecular weight is 411 g/mol. The first kappa shape index (κ1) is 20.1. The van der Waals surface area contributed by atoms with Crippen LogP contribution in [0.5, 0.6) is 11.5 Å². The van der Waals surface area contributed by atoms with E-state index in [-0.39, 0.29) is 23.1 Å². The monoisotopic (exact) mass is 411 g/mol. The predicted molar refractivity (Wildman–Crippen MR) is 107 cm³/mol. The molecule has 156 valence electrons. The third kappa shape index (κ3) is 2.20. The zero-order valence-corrected chi connectivity index (χ0v) is 16.6. The highest BCUT2D eigenvalue weighted by molar-refractivity contribution is 6.33. The number of ketones is 3. The van der Waals surface area contributed by atoms with Crippen LogP contribution in [0.4, 0.5) is 0 Å². The second-order valence-electron chi connectivity index (χ2n) is 8.06. The zero-order valence-electron chi connectivity index (χ0n) is 16.6. The SMILES string of the molecule is CC(=O)C1=C(O)[C@H](N)C2Cc3c(c(O)c4c(O)c(C)ccc4c3C)C(=O)[C@]2(O)C1=O. The van der Waals surface area contributed by atoms with E-state index in [1.165, 1.54) is 0 Å². The number of phenols is 2. The van der Waals surface area contributed by atoms with Gasteiger partial charge in [-0.15, -0.1) is 0 Å². The first-order valence-corrected chi connectivity index (χ1v) is 9.42. The van der Waals surface area contributed by atoms with Crippen LogP contribution in [-0.4, -0.2) is 49.4 Å². The van der Waals surface area contributed by atoms with Crippen LogP contribution in [0.15, 0.2) is 23.5 Å². The lowest BCUT2D eigenvalue weighted by Gasteiger charge is -2.44. The van der Waals surface area contributed by atoms with Gasteiger partial charge in [-0.2, -0.15) is 0 Å². The Balaban J connectivity index is 2.07. The van der Waals surface area contributed by atoms with Crippen molar-refractivity contribution in [1.82, 2.24) is 0 Å². The summed E-state index contributed by atoms with van der Waals surface area (Å²) in [6, 6.07) is 2.04. The molecular formula is C22H21NO7. The molecule has 2 aliphatic carbocycles. The number of aliphatic hydroxyl groups excluding tert-OH is 1. The molecule has 0 saturated heterocycles. The van der Waals surface area contributed by atoms with Gasteiger partial charge >= 0.3 is 0 Å². The van der Waals surface area contributed by atoms with Crippen molar-refractivity contribution in [2.75, 3.05) is 0 Å². The van der Waals surface area contributed by atoms with E-state index in [2.05, 4.69) is 0 Å². The lowest BCUT2D eigenvalue weighted by molar-refractivity contribution is -0.138. The second kappa shape index (κ2) is 6.13. The largest absolute Gasteiger partial charge is 0.510 e. The van der Waals surface area contributed by atoms with E-state index in [0.717, 1.165) is 6.92 Å². The third-order valence-electron chi connectivity index (χ3n) is 6.48. The molecule has 1 unspecified atom stereocenters. The van der Waals surface area contributed by atoms with E-state index in [9.17, 15) is 34.8 Å². The summed E-state index contributed by atoms with van der Waals surface area (Å²) in [6.07, 6.45) is -0.0936. The van der Waals surface area contributed by atoms with Crippen LogP contribution in [-0.2, 0) is 16.0 Å². The summed E-state index contributed by atoms with van der Waals surface area (Å²) in [5.74, 6) is -5.81. The molecule has 30 heavy (non-hydrogen) atoms. The number of carbonyl (C=O) groups excluding carboxylic acids is 3. The molecule has 0 spiro atoms. The van der Waals surface area contributed by atoms with Crippen molar-refractivity contribution >= 4 is 28.1 Å². The van der Waals surface area contributed by atoms with Crippen molar-refractivity contribution in [3.05, 3.63) is 45.7 Å². The minimum Gasteiger partial charge on any atom is -0.510 e. The lowest BCUT2D eigenvalue weighted by Crippen LogP contribution is -2.65. The van der Waals surface area contributed by atoms with Crippen molar-refractivity contribution in [3.8, 4) is 11.5 Å². The fraction of sp³-hybridized carbons (Fsp3) is 0.318. The number of aliphatic hydroxyl groups is 2. The molecule has 0 fully saturated rings. The lowest BCUT2D eigenvalue weighted by atomic mass is 9.61. The van der Waals surface area contributed by atoms with Crippen LogP contribution in [0.1, 0.15) is 34.0 Å². The van der Waals surface area contributed by atoms with Crippen molar-refractivity contribution < 1.29 is 34.8 Å². The quantitative estimate of drug-likeness (QED) is 0.347. The number of fused-ring (bicyclic) bond motifs is 3. The van der Waals surface area contributed by atoms with Crippen LogP contribution < -0.4 is 5.73 Å². The summed E-state index contributed by atoms with van der Waals surface area (Å²) in [5, 5.41) is 43.5. The Morgan fingerprint density at radius 2 is 1.73 bits per heavy atom. The average Bonchev–Trinajstić information content (AvgIpc) is 2.68. The number of hydrogen-bond donors (Lipinski definition) is 5. The highest BCUT2D eigenvalue weighted by atomic mass is 16.3. The number of hydrogen-bond acceptors (Lipinski definition) is 8. The number of aromatic hydroxyl groups is 2. The Labute approximate surface area is 171 Å². The van der Waals surface area contributed by atoms with Crippen molar-refractivity contribution in [2.45, 2.75) is 38.8 Å². The summed E-state index contributed by atoms with van der Waals surface area (Å²) >= 11 is 0. The van der Waals surface area contributed by atoms with Gasteiger partial charge in [0, 0.05) is 5.92 Å². The molecule has 3 atom stereocenters. The first-order valence-electron chi connectivity index (χ1n) is 9.42. The van der Waals surface area contributed by atoms with Crippen molar-refractivity contribution in [1.29, 1.82) is 0 Å². The maximum absolute atomic E-state index is 13.4. The van der Waals surface area contributed by atoms with E-state index in [1.807, 2.05) is 0 Å². The Kier molecular flexibility index (Phi) is 4.10. The number of rotatable bonds is 1. The molecule has 0 aromatic heterocycles. The molecule has 2 aromatic rings. The molecule has 0 aliphatic heterocycles. The van der Waals surface area contributed by atoms with E-state index in [0.29, 0.717) is 22.1 Å². The van der Waals surface area contributed by atoms with Crippen LogP contribution in [0.2, 0.25) is 0 Å². The molecule has 2 aliphatic rings. The minimum atomic E-state index is -2.71. The van der Waals surface area contributed by atoms with E-state index in [4.69, 9.17) is 5.73 Å². The Bertz CT molecular complexity index is 1230. The van der Waals surface area contributed by atoms with E-state index >= 15 is 0 Å². The Hall–Kier alpha value is -3.23. The topological polar surface area (TPSA) is 158 Å². The fourth-order valence-electron chi connectivity index (χ4n) is 4.75. The molecule has 8 heteroatoms. The highest BCUT2D eigenvalue weighted by Gasteiger charge is 2.62. The van der Waals surface area contributed by atoms with Gasteiger partial charge in [-0.1, -0.05) is 12.1 Å². The Morgan fingerprint density at radius 3 is 2.33 bits per heavy atom. The van der Waals surface area contributed by atoms with Gasteiger partial charge in [0.05, 0.1) is 17.0 Å². The normalized spacial score (nSPS) is 26.0. The summed E-state index contributed by atoms with van der Waals surface area (Å²) in [5.41, 5.74) is 3.74. The summed E-state index contributed by atoms with van der Waals surface area (Å²) in [6.45, 7) is 4.35. The van der Waals surface area contributed by atoms with Gasteiger partial charge in [-0.3, -0.25) is 14.4 Å².